The molecule has 0 unspecified atom stereocenters. The lowest BCUT2D eigenvalue weighted by Gasteiger charge is -2.25. The average molecular weight is 336 g/mol. The summed E-state index contributed by atoms with van der Waals surface area (Å²) in [5, 5.41) is 2.87. The Kier molecular flexibility index (Phi) is 7.07. The fraction of sp³-hybridized carbons (Fsp3) is 0.556. The summed E-state index contributed by atoms with van der Waals surface area (Å²) in [5.74, 6) is 0.931. The van der Waals surface area contributed by atoms with Crippen molar-refractivity contribution in [2.75, 3.05) is 27.3 Å². The Morgan fingerprint density at radius 2 is 1.75 bits per heavy atom. The maximum atomic E-state index is 12.5. The summed E-state index contributed by atoms with van der Waals surface area (Å²) in [5.41, 5.74) is 0.496. The summed E-state index contributed by atoms with van der Waals surface area (Å²) in [4.78, 5) is 26.0. The van der Waals surface area contributed by atoms with Gasteiger partial charge in [0.1, 0.15) is 0 Å². The minimum atomic E-state index is -0.317. The molecule has 0 bridgehead atoms. The van der Waals surface area contributed by atoms with Gasteiger partial charge in [-0.15, -0.1) is 0 Å². The molecule has 0 aliphatic carbocycles. The molecule has 6 nitrogen and oxygen atoms in total. The molecule has 2 amide bonds. The van der Waals surface area contributed by atoms with E-state index in [2.05, 4.69) is 5.32 Å². The van der Waals surface area contributed by atoms with Crippen LogP contribution in [0.4, 0.5) is 0 Å². The largest absolute Gasteiger partial charge is 0.493 e. The number of likely N-dealkylation sites (N-methyl/N-ethyl adjacent to an activating group) is 1. The highest BCUT2D eigenvalue weighted by molar-refractivity contribution is 5.86. The molecule has 0 spiro atoms. The first-order valence-corrected chi connectivity index (χ1v) is 7.99. The van der Waals surface area contributed by atoms with Crippen LogP contribution in [-0.4, -0.2) is 49.6 Å². The molecule has 0 radical (unpaired) electrons. The van der Waals surface area contributed by atoms with Gasteiger partial charge in [-0.2, -0.15) is 0 Å². The third kappa shape index (κ3) is 6.10. The van der Waals surface area contributed by atoms with Gasteiger partial charge in [-0.05, 0) is 45.4 Å². The molecule has 134 valence electrons. The van der Waals surface area contributed by atoms with Gasteiger partial charge in [0.15, 0.2) is 11.5 Å². The zero-order chi connectivity index (χ0) is 18.3. The quantitative estimate of drug-likeness (QED) is 0.827. The van der Waals surface area contributed by atoms with Gasteiger partial charge in [0, 0.05) is 12.1 Å². The number of nitrogens with one attached hydrogen (secondary N) is 1. The van der Waals surface area contributed by atoms with E-state index in [0.29, 0.717) is 18.0 Å². The number of benzene rings is 1. The van der Waals surface area contributed by atoms with Crippen LogP contribution in [0, 0.1) is 0 Å². The van der Waals surface area contributed by atoms with E-state index in [9.17, 15) is 9.59 Å². The van der Waals surface area contributed by atoms with E-state index >= 15 is 0 Å². The molecular formula is C18H28N2O4. The number of ether oxygens (including phenoxy) is 2. The molecule has 0 saturated carbocycles. The van der Waals surface area contributed by atoms with Crippen LogP contribution >= 0.6 is 0 Å². The van der Waals surface area contributed by atoms with Crippen molar-refractivity contribution in [3.8, 4) is 11.5 Å². The van der Waals surface area contributed by atoms with Gasteiger partial charge < -0.3 is 19.7 Å². The van der Waals surface area contributed by atoms with Crippen molar-refractivity contribution in [3.05, 3.63) is 23.8 Å². The number of amides is 2. The van der Waals surface area contributed by atoms with Crippen LogP contribution in [0.15, 0.2) is 18.2 Å². The first-order valence-electron chi connectivity index (χ1n) is 7.99. The minimum Gasteiger partial charge on any atom is -0.493 e. The highest BCUT2D eigenvalue weighted by Crippen LogP contribution is 2.27. The van der Waals surface area contributed by atoms with E-state index in [1.54, 1.807) is 26.4 Å². The van der Waals surface area contributed by atoms with E-state index in [1.165, 1.54) is 4.90 Å². The van der Waals surface area contributed by atoms with Crippen LogP contribution in [0.1, 0.15) is 33.3 Å². The monoisotopic (exact) mass is 336 g/mol. The van der Waals surface area contributed by atoms with Gasteiger partial charge in [-0.3, -0.25) is 9.59 Å². The van der Waals surface area contributed by atoms with E-state index in [1.807, 2.05) is 33.8 Å². The highest BCUT2D eigenvalue weighted by Gasteiger charge is 2.20. The summed E-state index contributed by atoms with van der Waals surface area (Å²) in [6.45, 7) is 8.12. The summed E-state index contributed by atoms with van der Waals surface area (Å²) in [6, 6.07) is 5.37. The molecule has 1 aromatic carbocycles. The molecule has 0 saturated heterocycles. The molecule has 1 rings (SSSR count). The Morgan fingerprint density at radius 3 is 2.25 bits per heavy atom. The fourth-order valence-corrected chi connectivity index (χ4v) is 2.28. The van der Waals surface area contributed by atoms with Gasteiger partial charge in [0.05, 0.1) is 27.2 Å². The number of carbonyl (C=O) groups is 2. The van der Waals surface area contributed by atoms with Crippen LogP contribution in [0.3, 0.4) is 0 Å². The zero-order valence-corrected chi connectivity index (χ0v) is 15.4. The van der Waals surface area contributed by atoms with E-state index in [0.717, 1.165) is 5.56 Å². The number of carbonyl (C=O) groups excluding carboxylic acids is 2. The van der Waals surface area contributed by atoms with Gasteiger partial charge >= 0.3 is 0 Å². The molecule has 0 aliphatic heterocycles. The van der Waals surface area contributed by atoms with Gasteiger partial charge in [0.2, 0.25) is 11.8 Å². The molecule has 0 aliphatic rings. The van der Waals surface area contributed by atoms with Gasteiger partial charge in [-0.1, -0.05) is 6.07 Å². The first kappa shape index (κ1) is 19.8. The Bertz CT molecular complexity index is 579. The smallest absolute Gasteiger partial charge is 0.240 e. The first-order chi connectivity index (χ1) is 11.2. The zero-order valence-electron chi connectivity index (χ0n) is 15.4. The molecule has 1 N–H and O–H groups in total. The Labute approximate surface area is 144 Å². The normalized spacial score (nSPS) is 10.9. The summed E-state index contributed by atoms with van der Waals surface area (Å²) in [7, 11) is 3.12. The third-order valence-corrected chi connectivity index (χ3v) is 3.39. The molecule has 6 heteroatoms. The third-order valence-electron chi connectivity index (χ3n) is 3.39. The number of methoxy groups -OCH3 is 2. The maximum Gasteiger partial charge on any atom is 0.240 e. The number of hydrogen-bond acceptors (Lipinski definition) is 4. The number of nitrogens with zero attached hydrogens (tertiary/aromatic N) is 1. The maximum absolute atomic E-state index is 12.5. The second-order valence-electron chi connectivity index (χ2n) is 6.57. The van der Waals surface area contributed by atoms with Crippen LogP contribution in [0.25, 0.3) is 0 Å². The SMILES string of the molecule is CCN(CC(=O)NC(C)(C)C)C(=O)Cc1ccc(OC)c(OC)c1. The minimum absolute atomic E-state index is 0.0554. The topological polar surface area (TPSA) is 67.9 Å². The van der Waals surface area contributed by atoms with E-state index in [-0.39, 0.29) is 30.3 Å². The van der Waals surface area contributed by atoms with E-state index in [4.69, 9.17) is 9.47 Å². The van der Waals surface area contributed by atoms with Crippen molar-refractivity contribution in [2.45, 2.75) is 39.7 Å². The van der Waals surface area contributed by atoms with Crippen LogP contribution < -0.4 is 14.8 Å². The van der Waals surface area contributed by atoms with Crippen molar-refractivity contribution >= 4 is 11.8 Å². The Balaban J connectivity index is 2.75. The molecule has 0 heterocycles. The lowest BCUT2D eigenvalue weighted by atomic mass is 10.1. The fourth-order valence-electron chi connectivity index (χ4n) is 2.28. The standard InChI is InChI=1S/C18H28N2O4/c1-7-20(12-16(21)19-18(2,3)4)17(22)11-13-8-9-14(23-5)15(10-13)24-6/h8-10H,7,11-12H2,1-6H3,(H,19,21). The van der Waals surface area contributed by atoms with Crippen molar-refractivity contribution in [2.24, 2.45) is 0 Å². The lowest BCUT2D eigenvalue weighted by molar-refractivity contribution is -0.135. The van der Waals surface area contributed by atoms with Gasteiger partial charge in [-0.25, -0.2) is 0 Å². The molecule has 0 aromatic heterocycles. The molecule has 0 atom stereocenters. The van der Waals surface area contributed by atoms with Crippen molar-refractivity contribution in [1.82, 2.24) is 10.2 Å². The second-order valence-corrected chi connectivity index (χ2v) is 6.57. The average Bonchev–Trinajstić information content (AvgIpc) is 2.50. The Hall–Kier alpha value is -2.24. The lowest BCUT2D eigenvalue weighted by Crippen LogP contribution is -2.47. The highest BCUT2D eigenvalue weighted by atomic mass is 16.5. The predicted molar refractivity (Wildman–Crippen MR) is 93.4 cm³/mol. The number of rotatable bonds is 7. The molecule has 0 fully saturated rings. The van der Waals surface area contributed by atoms with Crippen molar-refractivity contribution in [1.29, 1.82) is 0 Å². The van der Waals surface area contributed by atoms with Crippen LogP contribution in [0.5, 0.6) is 11.5 Å². The summed E-state index contributed by atoms with van der Waals surface area (Å²) >= 11 is 0. The molecule has 1 aromatic rings. The van der Waals surface area contributed by atoms with Crippen LogP contribution in [0.2, 0.25) is 0 Å². The van der Waals surface area contributed by atoms with Crippen molar-refractivity contribution < 1.29 is 19.1 Å². The number of hydrogen-bond donors (Lipinski definition) is 1. The summed E-state index contributed by atoms with van der Waals surface area (Å²) in [6.07, 6.45) is 0.205. The predicted octanol–water partition coefficient (Wildman–Crippen LogP) is 2.01. The van der Waals surface area contributed by atoms with Gasteiger partial charge in [0.25, 0.3) is 0 Å². The van der Waals surface area contributed by atoms with E-state index < -0.39 is 0 Å². The Morgan fingerprint density at radius 1 is 1.12 bits per heavy atom. The summed E-state index contributed by atoms with van der Waals surface area (Å²) < 4.78 is 10.4. The molecule has 24 heavy (non-hydrogen) atoms. The van der Waals surface area contributed by atoms with Crippen LogP contribution in [-0.2, 0) is 16.0 Å². The second kappa shape index (κ2) is 8.57. The molecular weight excluding hydrogens is 308 g/mol. The van der Waals surface area contributed by atoms with Crippen molar-refractivity contribution in [3.63, 3.8) is 0 Å².